The Morgan fingerprint density at radius 1 is 1.11 bits per heavy atom. The van der Waals surface area contributed by atoms with Crippen LogP contribution >= 0.6 is 15.9 Å². The number of nitrogens with zero attached hydrogens (tertiary/aromatic N) is 1. The Morgan fingerprint density at radius 2 is 1.89 bits per heavy atom. The summed E-state index contributed by atoms with van der Waals surface area (Å²) in [6.07, 6.45) is 11.3. The Morgan fingerprint density at radius 3 is 2.78 bits per heavy atom. The van der Waals surface area contributed by atoms with Crippen LogP contribution < -0.4 is 0 Å². The maximum Gasteiger partial charge on any atom is 0.106 e. The van der Waals surface area contributed by atoms with Crippen LogP contribution in [0.5, 0.6) is 0 Å². The molecule has 0 aromatic carbocycles. The van der Waals surface area contributed by atoms with E-state index < -0.39 is 0 Å². The van der Waals surface area contributed by atoms with Crippen molar-refractivity contribution in [1.29, 1.82) is 0 Å². The largest absolute Gasteiger partial charge is 0.249 e. The van der Waals surface area contributed by atoms with E-state index in [1.807, 2.05) is 30.4 Å². The molecule has 1 aliphatic rings. The lowest BCUT2D eigenvalue weighted by Crippen LogP contribution is -1.75. The molecule has 0 saturated carbocycles. The van der Waals surface area contributed by atoms with Crippen LogP contribution in [-0.2, 0) is 0 Å². The highest BCUT2D eigenvalue weighted by Gasteiger charge is 1.80. The number of aliphatic imine (C=N–C) groups is 1. The van der Waals surface area contributed by atoms with Gasteiger partial charge in [-0.1, -0.05) is 18.2 Å². The van der Waals surface area contributed by atoms with E-state index in [2.05, 4.69) is 20.9 Å². The molecule has 2 heteroatoms. The van der Waals surface area contributed by atoms with Crippen LogP contribution in [0.3, 0.4) is 0 Å². The molecule has 0 N–H and O–H groups in total. The van der Waals surface area contributed by atoms with Crippen LogP contribution in [0.2, 0.25) is 0 Å². The minimum atomic E-state index is 0.850. The highest BCUT2D eigenvalue weighted by molar-refractivity contribution is 9.18. The molecule has 1 rings (SSSR count). The molecule has 0 saturated heterocycles. The average Bonchev–Trinajstić information content (AvgIpc) is 1.79. The summed E-state index contributed by atoms with van der Waals surface area (Å²) in [4.78, 5) is 4.00. The van der Waals surface area contributed by atoms with E-state index in [0.717, 1.165) is 4.62 Å². The minimum absolute atomic E-state index is 0.850. The van der Waals surface area contributed by atoms with Crippen molar-refractivity contribution in [3.63, 3.8) is 0 Å². The summed E-state index contributed by atoms with van der Waals surface area (Å²) in [5, 5.41) is 0. The Balaban J connectivity index is 2.77. The van der Waals surface area contributed by atoms with Gasteiger partial charge >= 0.3 is 0 Å². The molecule has 0 spiro atoms. The predicted octanol–water partition coefficient (Wildman–Crippen LogP) is 2.42. The summed E-state index contributed by atoms with van der Waals surface area (Å²) in [7, 11) is 0. The normalized spacial score (nSPS) is 16.8. The van der Waals surface area contributed by atoms with Crippen molar-refractivity contribution < 1.29 is 0 Å². The van der Waals surface area contributed by atoms with Crippen LogP contribution in [0, 0.1) is 0 Å². The first kappa shape index (κ1) is 6.49. The molecule has 0 fully saturated rings. The first-order chi connectivity index (χ1) is 4.39. The molecule has 0 aliphatic carbocycles. The first-order valence-electron chi connectivity index (χ1n) is 2.63. The monoisotopic (exact) mass is 183 g/mol. The van der Waals surface area contributed by atoms with E-state index in [1.165, 1.54) is 0 Å². The van der Waals surface area contributed by atoms with Crippen molar-refractivity contribution in [1.82, 2.24) is 0 Å². The molecule has 1 nitrogen and oxygen atoms in total. The van der Waals surface area contributed by atoms with E-state index >= 15 is 0 Å². The third kappa shape index (κ3) is 2.42. The van der Waals surface area contributed by atoms with Gasteiger partial charge in [0.25, 0.3) is 0 Å². The van der Waals surface area contributed by atoms with Gasteiger partial charge in [-0.05, 0) is 28.1 Å². The Bertz CT molecular complexity index is 199. The fraction of sp³-hybridized carbons (Fsp3) is 0. The second kappa shape index (κ2) is 3.41. The van der Waals surface area contributed by atoms with Gasteiger partial charge < -0.3 is 0 Å². The van der Waals surface area contributed by atoms with Gasteiger partial charge in [-0.2, -0.15) is 0 Å². The second-order valence-electron chi connectivity index (χ2n) is 1.54. The molecule has 0 radical (unpaired) electrons. The average molecular weight is 184 g/mol. The zero-order valence-corrected chi connectivity index (χ0v) is 6.38. The fourth-order valence-corrected chi connectivity index (χ4v) is 0.741. The molecule has 0 atom stereocenters. The van der Waals surface area contributed by atoms with Gasteiger partial charge in [-0.15, -0.1) is 0 Å². The smallest absolute Gasteiger partial charge is 0.106 e. The summed E-state index contributed by atoms with van der Waals surface area (Å²) in [6, 6.07) is 0. The topological polar surface area (TPSA) is 12.4 Å². The lowest BCUT2D eigenvalue weighted by atomic mass is 10.4. The molecule has 46 valence electrons. The van der Waals surface area contributed by atoms with Gasteiger partial charge in [0.2, 0.25) is 0 Å². The zero-order valence-electron chi connectivity index (χ0n) is 4.79. The van der Waals surface area contributed by atoms with Gasteiger partial charge in [-0.3, -0.25) is 0 Å². The third-order valence-electron chi connectivity index (χ3n) is 0.851. The van der Waals surface area contributed by atoms with E-state index in [1.54, 1.807) is 6.20 Å². The quantitative estimate of drug-likeness (QED) is 0.548. The van der Waals surface area contributed by atoms with Crippen LogP contribution in [0.25, 0.3) is 0 Å². The summed E-state index contributed by atoms with van der Waals surface area (Å²) >= 11 is 3.25. The summed E-state index contributed by atoms with van der Waals surface area (Å²) < 4.78 is 0.850. The number of rotatable bonds is 0. The van der Waals surface area contributed by atoms with Crippen molar-refractivity contribution in [3.8, 4) is 0 Å². The molecule has 0 aromatic rings. The first-order valence-corrected chi connectivity index (χ1v) is 3.42. The van der Waals surface area contributed by atoms with Crippen molar-refractivity contribution in [3.05, 3.63) is 36.6 Å². The lowest BCUT2D eigenvalue weighted by molar-refractivity contribution is 1.58. The third-order valence-corrected chi connectivity index (χ3v) is 1.32. The number of allylic oxidation sites excluding steroid dienone is 5. The Kier molecular flexibility index (Phi) is 2.46. The molecular formula is C7H6BrN. The van der Waals surface area contributed by atoms with Crippen molar-refractivity contribution in [2.45, 2.75) is 0 Å². The van der Waals surface area contributed by atoms with Crippen LogP contribution in [0.1, 0.15) is 0 Å². The maximum absolute atomic E-state index is 4.00. The molecule has 0 bridgehead atoms. The van der Waals surface area contributed by atoms with Gasteiger partial charge in [0.05, 0.1) is 0 Å². The predicted molar refractivity (Wildman–Crippen MR) is 43.8 cm³/mol. The fourth-order valence-electron chi connectivity index (χ4n) is 0.470. The van der Waals surface area contributed by atoms with Crippen molar-refractivity contribution >= 4 is 20.6 Å². The van der Waals surface area contributed by atoms with E-state index in [0.29, 0.717) is 0 Å². The van der Waals surface area contributed by atoms with E-state index in [9.17, 15) is 0 Å². The van der Waals surface area contributed by atoms with Crippen molar-refractivity contribution in [2.24, 2.45) is 4.99 Å². The van der Waals surface area contributed by atoms with Crippen LogP contribution in [0.15, 0.2) is 41.6 Å². The lowest BCUT2D eigenvalue weighted by Gasteiger charge is -1.85. The molecule has 1 heterocycles. The highest BCUT2D eigenvalue weighted by atomic mass is 79.9. The summed E-state index contributed by atoms with van der Waals surface area (Å²) in [5.41, 5.74) is 0. The van der Waals surface area contributed by atoms with Gasteiger partial charge in [0, 0.05) is 6.20 Å². The summed E-state index contributed by atoms with van der Waals surface area (Å²) in [5.74, 6) is 0. The Hall–Kier alpha value is -0.630. The molecule has 0 unspecified atom stereocenters. The molecule has 0 amide bonds. The number of hydrogen-bond donors (Lipinski definition) is 0. The molecular weight excluding hydrogens is 178 g/mol. The van der Waals surface area contributed by atoms with Gasteiger partial charge in [0.15, 0.2) is 0 Å². The maximum atomic E-state index is 4.00. The highest BCUT2D eigenvalue weighted by Crippen LogP contribution is 1.96. The Labute approximate surface area is 62.6 Å². The number of hydrogen-bond acceptors (Lipinski definition) is 1. The SMILES string of the molecule is BrC1=NC=CC=CC=C1. The van der Waals surface area contributed by atoms with Crippen LogP contribution in [-0.4, -0.2) is 4.62 Å². The number of halogens is 1. The molecule has 1 aliphatic heterocycles. The van der Waals surface area contributed by atoms with Gasteiger partial charge in [0.1, 0.15) is 4.62 Å². The zero-order chi connectivity index (χ0) is 6.53. The molecule has 9 heavy (non-hydrogen) atoms. The summed E-state index contributed by atoms with van der Waals surface area (Å²) in [6.45, 7) is 0. The van der Waals surface area contributed by atoms with Crippen LogP contribution in [0.4, 0.5) is 0 Å². The minimum Gasteiger partial charge on any atom is -0.249 e. The van der Waals surface area contributed by atoms with E-state index in [-0.39, 0.29) is 0 Å². The van der Waals surface area contributed by atoms with E-state index in [4.69, 9.17) is 0 Å². The molecule has 0 aromatic heterocycles. The van der Waals surface area contributed by atoms with Crippen molar-refractivity contribution in [2.75, 3.05) is 0 Å². The van der Waals surface area contributed by atoms with Gasteiger partial charge in [-0.25, -0.2) is 4.99 Å². The second-order valence-corrected chi connectivity index (χ2v) is 2.35. The standard InChI is InChI=1S/C7H6BrN/c8-7-5-3-1-2-4-6-9-7/h1-6H.